The van der Waals surface area contributed by atoms with Gasteiger partial charge < -0.3 is 5.11 Å². The van der Waals surface area contributed by atoms with Gasteiger partial charge in [-0.25, -0.2) is 8.42 Å². The molecule has 1 unspecified atom stereocenters. The summed E-state index contributed by atoms with van der Waals surface area (Å²) in [5, 5.41) is 9.56. The van der Waals surface area contributed by atoms with Crippen molar-refractivity contribution in [2.24, 2.45) is 0 Å². The van der Waals surface area contributed by atoms with Gasteiger partial charge in [0, 0.05) is 24.1 Å². The maximum absolute atomic E-state index is 12.5. The first kappa shape index (κ1) is 13.9. The maximum atomic E-state index is 12.5. The first-order chi connectivity index (χ1) is 8.55. The molecule has 1 aromatic carbocycles. The van der Waals surface area contributed by atoms with Crippen molar-refractivity contribution in [2.75, 3.05) is 18.8 Å². The highest BCUT2D eigenvalue weighted by atomic mass is 32.2. The average molecular weight is 287 g/mol. The molecule has 100 valence electrons. The van der Waals surface area contributed by atoms with Crippen LogP contribution >= 0.6 is 11.8 Å². The third kappa shape index (κ3) is 2.71. The van der Waals surface area contributed by atoms with E-state index in [9.17, 15) is 13.5 Å². The topological polar surface area (TPSA) is 57.6 Å². The highest BCUT2D eigenvalue weighted by Gasteiger charge is 2.30. The molecule has 6 heteroatoms. The summed E-state index contributed by atoms with van der Waals surface area (Å²) in [4.78, 5) is 0.228. The second-order valence-electron chi connectivity index (χ2n) is 4.31. The van der Waals surface area contributed by atoms with Gasteiger partial charge in [0.2, 0.25) is 10.0 Å². The molecule has 0 amide bonds. The molecule has 0 saturated carbocycles. The van der Waals surface area contributed by atoms with E-state index in [1.54, 1.807) is 36.0 Å². The maximum Gasteiger partial charge on any atom is 0.243 e. The monoisotopic (exact) mass is 287 g/mol. The molecule has 0 spiro atoms. The Balaban J connectivity index is 2.35. The summed E-state index contributed by atoms with van der Waals surface area (Å²) >= 11 is 1.79. The predicted molar refractivity (Wildman–Crippen MR) is 73.0 cm³/mol. The summed E-state index contributed by atoms with van der Waals surface area (Å²) < 4.78 is 26.6. The van der Waals surface area contributed by atoms with Crippen LogP contribution in [0.1, 0.15) is 12.5 Å². The van der Waals surface area contributed by atoms with E-state index in [1.165, 1.54) is 4.31 Å². The summed E-state index contributed by atoms with van der Waals surface area (Å²) in [7, 11) is -3.48. The van der Waals surface area contributed by atoms with Crippen LogP contribution in [0.3, 0.4) is 0 Å². The zero-order valence-corrected chi connectivity index (χ0v) is 11.9. The average Bonchev–Trinajstić information content (AvgIpc) is 2.38. The Hall–Kier alpha value is -0.560. The summed E-state index contributed by atoms with van der Waals surface area (Å²) in [5.41, 5.74) is 0.461. The number of aliphatic hydroxyl groups excluding tert-OH is 1. The molecule has 0 aromatic heterocycles. The van der Waals surface area contributed by atoms with E-state index in [0.29, 0.717) is 23.9 Å². The number of aliphatic hydroxyl groups is 1. The molecule has 1 aliphatic rings. The summed E-state index contributed by atoms with van der Waals surface area (Å²) in [6.07, 6.45) is 0. The van der Waals surface area contributed by atoms with Crippen LogP contribution in [0.4, 0.5) is 0 Å². The lowest BCUT2D eigenvalue weighted by molar-refractivity contribution is 0.278. The van der Waals surface area contributed by atoms with Crippen LogP contribution in [0.25, 0.3) is 0 Å². The molecule has 1 saturated heterocycles. The molecule has 1 aromatic rings. The number of hydrogen-bond acceptors (Lipinski definition) is 4. The SMILES string of the molecule is CC1CN(S(=O)(=O)c2ccccc2CO)CCS1. The molecule has 1 aliphatic heterocycles. The van der Waals surface area contributed by atoms with Crippen LogP contribution in [0.5, 0.6) is 0 Å². The molecule has 1 fully saturated rings. The summed E-state index contributed by atoms with van der Waals surface area (Å²) in [6.45, 7) is 2.85. The lowest BCUT2D eigenvalue weighted by Gasteiger charge is -2.30. The lowest BCUT2D eigenvalue weighted by atomic mass is 10.2. The third-order valence-corrected chi connectivity index (χ3v) is 6.07. The van der Waals surface area contributed by atoms with Gasteiger partial charge >= 0.3 is 0 Å². The summed E-state index contributed by atoms with van der Waals surface area (Å²) in [6, 6.07) is 6.63. The smallest absolute Gasteiger partial charge is 0.243 e. The van der Waals surface area contributed by atoms with Gasteiger partial charge in [0.25, 0.3) is 0 Å². The normalized spacial score (nSPS) is 22.0. The minimum atomic E-state index is -3.48. The van der Waals surface area contributed by atoms with Crippen molar-refractivity contribution in [3.63, 3.8) is 0 Å². The standard InChI is InChI=1S/C12H17NO3S2/c1-10-8-13(6-7-17-10)18(15,16)12-5-3-2-4-11(12)9-14/h2-5,10,14H,6-9H2,1H3. The quantitative estimate of drug-likeness (QED) is 0.910. The van der Waals surface area contributed by atoms with E-state index in [0.717, 1.165) is 5.75 Å². The third-order valence-electron chi connectivity index (χ3n) is 2.96. The number of thioether (sulfide) groups is 1. The van der Waals surface area contributed by atoms with Crippen LogP contribution in [0, 0.1) is 0 Å². The highest BCUT2D eigenvalue weighted by Crippen LogP contribution is 2.26. The molecule has 2 rings (SSSR count). The van der Waals surface area contributed by atoms with Gasteiger partial charge in [-0.3, -0.25) is 0 Å². The molecule has 0 radical (unpaired) electrons. The zero-order chi connectivity index (χ0) is 13.2. The Kier molecular flexibility index (Phi) is 4.32. The van der Waals surface area contributed by atoms with Gasteiger partial charge in [-0.15, -0.1) is 0 Å². The second kappa shape index (κ2) is 5.61. The molecule has 1 atom stereocenters. The van der Waals surface area contributed by atoms with Gasteiger partial charge in [-0.05, 0) is 11.6 Å². The molecular weight excluding hydrogens is 270 g/mol. The van der Waals surface area contributed by atoms with Crippen molar-refractivity contribution in [1.82, 2.24) is 4.31 Å². The van der Waals surface area contributed by atoms with Gasteiger partial charge in [0.05, 0.1) is 11.5 Å². The Labute approximate surface area is 112 Å². The Morgan fingerprint density at radius 2 is 2.17 bits per heavy atom. The van der Waals surface area contributed by atoms with Crippen molar-refractivity contribution >= 4 is 21.8 Å². The minimum absolute atomic E-state index is 0.228. The van der Waals surface area contributed by atoms with Crippen LogP contribution in [-0.4, -0.2) is 41.9 Å². The fourth-order valence-corrected chi connectivity index (χ4v) is 5.00. The van der Waals surface area contributed by atoms with E-state index in [-0.39, 0.29) is 11.5 Å². The molecule has 4 nitrogen and oxygen atoms in total. The van der Waals surface area contributed by atoms with Crippen molar-refractivity contribution in [2.45, 2.75) is 23.7 Å². The van der Waals surface area contributed by atoms with Crippen molar-refractivity contribution in [1.29, 1.82) is 0 Å². The van der Waals surface area contributed by atoms with E-state index in [1.807, 2.05) is 6.92 Å². The number of sulfonamides is 1. The fourth-order valence-electron chi connectivity index (χ4n) is 2.03. The van der Waals surface area contributed by atoms with E-state index in [4.69, 9.17) is 0 Å². The first-order valence-electron chi connectivity index (χ1n) is 5.86. The largest absolute Gasteiger partial charge is 0.392 e. The van der Waals surface area contributed by atoms with Crippen LogP contribution in [-0.2, 0) is 16.6 Å². The number of nitrogens with zero attached hydrogens (tertiary/aromatic N) is 1. The zero-order valence-electron chi connectivity index (χ0n) is 10.2. The van der Waals surface area contributed by atoms with Crippen molar-refractivity contribution < 1.29 is 13.5 Å². The Bertz CT molecular complexity index is 516. The fraction of sp³-hybridized carbons (Fsp3) is 0.500. The highest BCUT2D eigenvalue weighted by molar-refractivity contribution is 8.00. The molecule has 1 heterocycles. The molecule has 1 N–H and O–H groups in total. The van der Waals surface area contributed by atoms with E-state index >= 15 is 0 Å². The number of rotatable bonds is 3. The molecule has 0 bridgehead atoms. The van der Waals surface area contributed by atoms with Crippen molar-refractivity contribution in [3.05, 3.63) is 29.8 Å². The molecular formula is C12H17NO3S2. The van der Waals surface area contributed by atoms with Crippen LogP contribution < -0.4 is 0 Å². The predicted octanol–water partition coefficient (Wildman–Crippen LogP) is 1.30. The second-order valence-corrected chi connectivity index (χ2v) is 7.76. The van der Waals surface area contributed by atoms with Gasteiger partial charge in [0.1, 0.15) is 0 Å². The number of hydrogen-bond donors (Lipinski definition) is 1. The Morgan fingerprint density at radius 3 is 2.83 bits per heavy atom. The van der Waals surface area contributed by atoms with Gasteiger partial charge in [-0.2, -0.15) is 16.1 Å². The first-order valence-corrected chi connectivity index (χ1v) is 8.35. The summed E-state index contributed by atoms with van der Waals surface area (Å²) in [5.74, 6) is 0.821. The molecule has 18 heavy (non-hydrogen) atoms. The molecule has 0 aliphatic carbocycles. The van der Waals surface area contributed by atoms with Gasteiger partial charge in [0.15, 0.2) is 0 Å². The van der Waals surface area contributed by atoms with Crippen LogP contribution in [0.15, 0.2) is 29.2 Å². The van der Waals surface area contributed by atoms with E-state index in [2.05, 4.69) is 0 Å². The van der Waals surface area contributed by atoms with E-state index < -0.39 is 10.0 Å². The van der Waals surface area contributed by atoms with Crippen molar-refractivity contribution in [3.8, 4) is 0 Å². The van der Waals surface area contributed by atoms with Gasteiger partial charge in [-0.1, -0.05) is 25.1 Å². The number of benzene rings is 1. The van der Waals surface area contributed by atoms with Crippen LogP contribution in [0.2, 0.25) is 0 Å². The lowest BCUT2D eigenvalue weighted by Crippen LogP contribution is -2.41. The minimum Gasteiger partial charge on any atom is -0.392 e. The Morgan fingerprint density at radius 1 is 1.44 bits per heavy atom.